The first-order chi connectivity index (χ1) is 17.7. The molecule has 0 aromatic heterocycles. The molecule has 1 aliphatic rings. The van der Waals surface area contributed by atoms with Crippen molar-refractivity contribution in [1.29, 1.82) is 0 Å². The first-order valence-electron chi connectivity index (χ1n) is 12.4. The van der Waals surface area contributed by atoms with E-state index in [0.717, 1.165) is 11.1 Å². The van der Waals surface area contributed by atoms with Gasteiger partial charge in [-0.15, -0.1) is 0 Å². The van der Waals surface area contributed by atoms with Crippen LogP contribution in [0.3, 0.4) is 0 Å². The van der Waals surface area contributed by atoms with Gasteiger partial charge in [-0.25, -0.2) is 4.90 Å². The summed E-state index contributed by atoms with van der Waals surface area (Å²) in [5.74, 6) is 1.20. The van der Waals surface area contributed by atoms with Gasteiger partial charge in [0.15, 0.2) is 5.75 Å². The molecule has 0 bridgehead atoms. The Morgan fingerprint density at radius 1 is 0.757 bits per heavy atom. The van der Waals surface area contributed by atoms with Crippen LogP contribution in [0.5, 0.6) is 17.2 Å². The maximum absolute atomic E-state index is 14.0. The summed E-state index contributed by atoms with van der Waals surface area (Å²) in [4.78, 5) is 29.3. The van der Waals surface area contributed by atoms with Crippen molar-refractivity contribution >= 4 is 34.0 Å². The molecule has 37 heavy (non-hydrogen) atoms. The normalized spacial score (nSPS) is 13.1. The number of carbonyl (C=O) groups is 2. The van der Waals surface area contributed by atoms with Crippen molar-refractivity contribution in [2.24, 2.45) is 0 Å². The molecule has 0 spiro atoms. The molecule has 4 aromatic rings. The van der Waals surface area contributed by atoms with Gasteiger partial charge in [0.05, 0.1) is 18.5 Å². The summed E-state index contributed by atoms with van der Waals surface area (Å²) < 4.78 is 11.4. The van der Waals surface area contributed by atoms with E-state index in [9.17, 15) is 9.59 Å². The summed E-state index contributed by atoms with van der Waals surface area (Å²) in [5.41, 5.74) is 10.2. The van der Waals surface area contributed by atoms with Gasteiger partial charge in [0.2, 0.25) is 0 Å². The van der Waals surface area contributed by atoms with Crippen LogP contribution in [0, 0.1) is 0 Å². The zero-order valence-electron chi connectivity index (χ0n) is 21.7. The smallest absolute Gasteiger partial charge is 0.266 e. The molecular formula is C31H30N2O4. The molecule has 0 saturated heterocycles. The second-order valence-corrected chi connectivity index (χ2v) is 9.89. The fourth-order valence-corrected chi connectivity index (χ4v) is 5.00. The van der Waals surface area contributed by atoms with Gasteiger partial charge in [0.1, 0.15) is 11.5 Å². The lowest BCUT2D eigenvalue weighted by Gasteiger charge is -2.32. The average Bonchev–Trinajstić information content (AvgIpc) is 2.88. The van der Waals surface area contributed by atoms with Gasteiger partial charge >= 0.3 is 0 Å². The topological polar surface area (TPSA) is 81.9 Å². The highest BCUT2D eigenvalue weighted by Crippen LogP contribution is 2.43. The molecule has 2 amide bonds. The highest BCUT2D eigenvalue weighted by Gasteiger charge is 2.37. The van der Waals surface area contributed by atoms with E-state index in [2.05, 4.69) is 27.7 Å². The molecule has 4 aromatic carbocycles. The Morgan fingerprint density at radius 3 is 1.95 bits per heavy atom. The number of nitrogens with two attached hydrogens (primary N) is 1. The number of nitrogens with zero attached hydrogens (tertiary/aromatic N) is 1. The Kier molecular flexibility index (Phi) is 6.12. The molecule has 188 valence electrons. The van der Waals surface area contributed by atoms with E-state index in [1.165, 1.54) is 4.90 Å². The predicted octanol–water partition coefficient (Wildman–Crippen LogP) is 7.27. The Balaban J connectivity index is 1.66. The van der Waals surface area contributed by atoms with Crippen LogP contribution >= 0.6 is 0 Å². The lowest BCUT2D eigenvalue weighted by atomic mass is 9.88. The van der Waals surface area contributed by atoms with Gasteiger partial charge in [-0.05, 0) is 53.3 Å². The van der Waals surface area contributed by atoms with Crippen molar-refractivity contribution in [3.8, 4) is 17.2 Å². The third-order valence-electron chi connectivity index (χ3n) is 6.87. The monoisotopic (exact) mass is 494 g/mol. The Hall–Kier alpha value is -4.32. The van der Waals surface area contributed by atoms with Crippen molar-refractivity contribution in [3.05, 3.63) is 89.0 Å². The maximum atomic E-state index is 14.0. The van der Waals surface area contributed by atoms with E-state index in [4.69, 9.17) is 15.2 Å². The minimum absolute atomic E-state index is 0.136. The molecule has 1 aliphatic heterocycles. The van der Waals surface area contributed by atoms with Gasteiger partial charge in [0.25, 0.3) is 11.8 Å². The van der Waals surface area contributed by atoms with Crippen LogP contribution in [0.15, 0.2) is 66.7 Å². The van der Waals surface area contributed by atoms with Gasteiger partial charge in [-0.1, -0.05) is 58.0 Å². The number of ether oxygens (including phenoxy) is 2. The second-order valence-electron chi connectivity index (χ2n) is 9.89. The van der Waals surface area contributed by atoms with Crippen molar-refractivity contribution < 1.29 is 19.1 Å². The zero-order valence-corrected chi connectivity index (χ0v) is 21.7. The molecule has 0 saturated carbocycles. The fraction of sp³-hybridized carbons (Fsp3) is 0.226. The number of carbonyl (C=O) groups excluding carboxylic acids is 2. The number of methoxy groups -OCH3 is 1. The highest BCUT2D eigenvalue weighted by atomic mass is 16.5. The van der Waals surface area contributed by atoms with Crippen LogP contribution in [0.1, 0.15) is 71.4 Å². The van der Waals surface area contributed by atoms with E-state index >= 15 is 0 Å². The zero-order chi connectivity index (χ0) is 26.4. The number of nitrogen functional groups attached to an aromatic ring is 1. The lowest BCUT2D eigenvalue weighted by molar-refractivity contribution is 0.0893. The number of anilines is 2. The summed E-state index contributed by atoms with van der Waals surface area (Å²) in [6.07, 6.45) is 0. The molecule has 5 rings (SSSR count). The standard InChI is InChI=1S/C31H30N2O4/c1-17(2)20-8-6-9-21(18(3)4)29(20)33-30(34)23-11-7-10-22-26(15-13-24(28(22)23)31(33)35)37-27-14-12-19(36-5)16-25(27)32/h6-18H,32H2,1-5H3. The van der Waals surface area contributed by atoms with Crippen LogP contribution in [-0.2, 0) is 0 Å². The number of rotatable bonds is 6. The average molecular weight is 495 g/mol. The summed E-state index contributed by atoms with van der Waals surface area (Å²) >= 11 is 0. The van der Waals surface area contributed by atoms with E-state index in [1.807, 2.05) is 30.3 Å². The molecule has 1 heterocycles. The van der Waals surface area contributed by atoms with Gasteiger partial charge in [-0.3, -0.25) is 9.59 Å². The third kappa shape index (κ3) is 3.99. The van der Waals surface area contributed by atoms with E-state index in [-0.39, 0.29) is 23.7 Å². The highest BCUT2D eigenvalue weighted by molar-refractivity contribution is 6.36. The van der Waals surface area contributed by atoms with Crippen molar-refractivity contribution in [2.45, 2.75) is 39.5 Å². The molecule has 6 nitrogen and oxygen atoms in total. The quantitative estimate of drug-likeness (QED) is 0.225. The molecule has 0 aliphatic carbocycles. The van der Waals surface area contributed by atoms with Gasteiger partial charge < -0.3 is 15.2 Å². The fourth-order valence-electron chi connectivity index (χ4n) is 5.00. The molecule has 0 atom stereocenters. The first kappa shape index (κ1) is 24.4. The van der Waals surface area contributed by atoms with Crippen LogP contribution in [0.25, 0.3) is 10.8 Å². The number of imide groups is 1. The van der Waals surface area contributed by atoms with Gasteiger partial charge in [-0.2, -0.15) is 0 Å². The van der Waals surface area contributed by atoms with Crippen molar-refractivity contribution in [3.63, 3.8) is 0 Å². The number of hydrogen-bond acceptors (Lipinski definition) is 5. The molecule has 0 unspecified atom stereocenters. The van der Waals surface area contributed by atoms with Gasteiger partial charge in [0, 0.05) is 28.0 Å². The van der Waals surface area contributed by atoms with Crippen LogP contribution in [0.4, 0.5) is 11.4 Å². The molecule has 0 radical (unpaired) electrons. The lowest BCUT2D eigenvalue weighted by Crippen LogP contribution is -2.41. The van der Waals surface area contributed by atoms with E-state index < -0.39 is 0 Å². The summed E-state index contributed by atoms with van der Waals surface area (Å²) in [5, 5.41) is 1.26. The van der Waals surface area contributed by atoms with E-state index in [0.29, 0.717) is 50.5 Å². The predicted molar refractivity (Wildman–Crippen MR) is 147 cm³/mol. The second kappa shape index (κ2) is 9.28. The Bertz CT molecular complexity index is 1510. The molecule has 0 fully saturated rings. The third-order valence-corrected chi connectivity index (χ3v) is 6.87. The Morgan fingerprint density at radius 2 is 1.35 bits per heavy atom. The summed E-state index contributed by atoms with van der Waals surface area (Å²) in [7, 11) is 1.57. The largest absolute Gasteiger partial charge is 0.497 e. The summed E-state index contributed by atoms with van der Waals surface area (Å²) in [6.45, 7) is 8.30. The van der Waals surface area contributed by atoms with Crippen molar-refractivity contribution in [2.75, 3.05) is 17.7 Å². The van der Waals surface area contributed by atoms with Crippen LogP contribution in [0.2, 0.25) is 0 Å². The minimum atomic E-state index is -0.334. The Labute approximate surface area is 216 Å². The molecule has 6 heteroatoms. The SMILES string of the molecule is COc1ccc(Oc2ccc3c4c(cccc24)C(=O)N(c2c(C(C)C)cccc2C(C)C)C3=O)c(N)c1. The molecule has 2 N–H and O–H groups in total. The summed E-state index contributed by atoms with van der Waals surface area (Å²) in [6, 6.07) is 20.1. The number of amides is 2. The number of benzene rings is 4. The van der Waals surface area contributed by atoms with Crippen molar-refractivity contribution in [1.82, 2.24) is 0 Å². The van der Waals surface area contributed by atoms with Crippen LogP contribution in [-0.4, -0.2) is 18.9 Å². The van der Waals surface area contributed by atoms with Crippen LogP contribution < -0.4 is 20.1 Å². The first-order valence-corrected chi connectivity index (χ1v) is 12.4. The van der Waals surface area contributed by atoms with E-state index in [1.54, 1.807) is 43.5 Å². The maximum Gasteiger partial charge on any atom is 0.266 e. The number of hydrogen-bond donors (Lipinski definition) is 1. The minimum Gasteiger partial charge on any atom is -0.497 e. The number of para-hydroxylation sites is 1. The molecular weight excluding hydrogens is 464 g/mol.